The zero-order valence-corrected chi connectivity index (χ0v) is 17.7. The van der Waals surface area contributed by atoms with Crippen LogP contribution in [0.2, 0.25) is 0 Å². The molecule has 0 radical (unpaired) electrons. The fraction of sp³-hybridized carbons (Fsp3) is 0.900. The Morgan fingerprint density at radius 3 is 2.54 bits per heavy atom. The Morgan fingerprint density at radius 1 is 1.29 bits per heavy atom. The Bertz CT molecular complexity index is 719. The number of rotatable bonds is 3. The van der Waals surface area contributed by atoms with E-state index in [1.165, 1.54) is 0 Å². The molecule has 9 unspecified atom stereocenters. The number of epoxide rings is 1. The van der Waals surface area contributed by atoms with Gasteiger partial charge in [-0.15, -0.1) is 11.6 Å². The van der Waals surface area contributed by atoms with Crippen LogP contribution < -0.4 is 0 Å². The lowest BCUT2D eigenvalue weighted by Gasteiger charge is -2.46. The average molecular weight is 417 g/mol. The summed E-state index contributed by atoms with van der Waals surface area (Å²) in [6.45, 7) is 8.72. The molecule has 0 bridgehead atoms. The Labute approximate surface area is 169 Å². The van der Waals surface area contributed by atoms with Gasteiger partial charge >= 0.3 is 11.9 Å². The molecule has 158 valence electrons. The van der Waals surface area contributed by atoms with Crippen LogP contribution in [-0.2, 0) is 23.8 Å². The SMILES string of the molecule is CC(C)CC(=O)OC1CC(C)(O)C23OC2CC(C)(O)C3(Cl)C2OC(=O)C(C)C12. The van der Waals surface area contributed by atoms with Crippen LogP contribution in [0.3, 0.4) is 0 Å². The largest absolute Gasteiger partial charge is 0.462 e. The Hall–Kier alpha value is -0.890. The molecule has 4 fully saturated rings. The van der Waals surface area contributed by atoms with Gasteiger partial charge in [0, 0.05) is 25.2 Å². The second kappa shape index (κ2) is 5.84. The number of alkyl halides is 1. The summed E-state index contributed by atoms with van der Waals surface area (Å²) in [5, 5.41) is 22.6. The van der Waals surface area contributed by atoms with E-state index in [0.29, 0.717) is 0 Å². The van der Waals surface area contributed by atoms with E-state index in [9.17, 15) is 19.8 Å². The summed E-state index contributed by atoms with van der Waals surface area (Å²) < 4.78 is 17.3. The minimum absolute atomic E-state index is 0.0556. The van der Waals surface area contributed by atoms with Gasteiger partial charge in [-0.05, 0) is 19.8 Å². The number of halogens is 1. The smallest absolute Gasteiger partial charge is 0.309 e. The standard InChI is InChI=1S/C20H29ClO7/c1-9(2)6-13(22)26-11-7-18(5,25)20-12(28-20)8-17(4,24)19(20,21)15-14(11)10(3)16(23)27-15/h9-12,14-15,24-25H,6-8H2,1-5H3. The first-order chi connectivity index (χ1) is 12.8. The first-order valence-electron chi connectivity index (χ1n) is 10.00. The Kier molecular flexibility index (Phi) is 4.25. The molecule has 7 nitrogen and oxygen atoms in total. The molecule has 0 aromatic carbocycles. The van der Waals surface area contributed by atoms with E-state index >= 15 is 0 Å². The number of ether oxygens (including phenoxy) is 3. The van der Waals surface area contributed by atoms with Crippen molar-refractivity contribution in [1.82, 2.24) is 0 Å². The highest BCUT2D eigenvalue weighted by molar-refractivity contribution is 6.27. The van der Waals surface area contributed by atoms with Crippen LogP contribution in [0.25, 0.3) is 0 Å². The number of carbonyl (C=O) groups is 2. The predicted molar refractivity (Wildman–Crippen MR) is 98.5 cm³/mol. The summed E-state index contributed by atoms with van der Waals surface area (Å²) in [5.74, 6) is -1.90. The quantitative estimate of drug-likeness (QED) is 0.408. The fourth-order valence-electron chi connectivity index (χ4n) is 5.93. The van der Waals surface area contributed by atoms with Crippen molar-refractivity contribution in [2.45, 2.75) is 93.9 Å². The van der Waals surface area contributed by atoms with Crippen LogP contribution in [0, 0.1) is 17.8 Å². The number of carbonyl (C=O) groups excluding carboxylic acids is 2. The second-order valence-corrected chi connectivity index (χ2v) is 10.5. The van der Waals surface area contributed by atoms with E-state index in [1.54, 1.807) is 20.8 Å². The van der Waals surface area contributed by atoms with Gasteiger partial charge in [-0.1, -0.05) is 20.8 Å². The van der Waals surface area contributed by atoms with Crippen molar-refractivity contribution < 1.29 is 34.0 Å². The molecule has 2 aliphatic heterocycles. The Balaban J connectivity index is 1.79. The molecule has 0 amide bonds. The van der Waals surface area contributed by atoms with Crippen molar-refractivity contribution in [3.63, 3.8) is 0 Å². The van der Waals surface area contributed by atoms with Crippen molar-refractivity contribution in [3.8, 4) is 0 Å². The number of fused-ring (bicyclic) bond motifs is 2. The molecule has 28 heavy (non-hydrogen) atoms. The van der Waals surface area contributed by atoms with E-state index in [-0.39, 0.29) is 25.2 Å². The molecule has 8 heteroatoms. The summed E-state index contributed by atoms with van der Waals surface area (Å²) in [5.41, 5.74) is -4.16. The first-order valence-corrected chi connectivity index (χ1v) is 10.4. The number of aliphatic hydroxyl groups is 2. The molecule has 2 N–H and O–H groups in total. The van der Waals surface area contributed by atoms with Gasteiger partial charge in [0.1, 0.15) is 22.7 Å². The first kappa shape index (κ1) is 20.4. The van der Waals surface area contributed by atoms with E-state index in [0.717, 1.165) is 0 Å². The minimum Gasteiger partial charge on any atom is -0.462 e. The van der Waals surface area contributed by atoms with Crippen molar-refractivity contribution in [2.24, 2.45) is 17.8 Å². The maximum atomic E-state index is 12.5. The lowest BCUT2D eigenvalue weighted by molar-refractivity contribution is -0.159. The monoisotopic (exact) mass is 416 g/mol. The highest BCUT2D eigenvalue weighted by atomic mass is 35.5. The fourth-order valence-corrected chi connectivity index (χ4v) is 6.57. The van der Waals surface area contributed by atoms with Crippen LogP contribution in [0.15, 0.2) is 0 Å². The van der Waals surface area contributed by atoms with E-state index in [4.69, 9.17) is 25.8 Å². The van der Waals surface area contributed by atoms with Gasteiger partial charge in [-0.2, -0.15) is 0 Å². The zero-order chi connectivity index (χ0) is 20.9. The third-order valence-corrected chi connectivity index (χ3v) is 8.15. The summed E-state index contributed by atoms with van der Waals surface area (Å²) in [6, 6.07) is 0. The molecule has 9 atom stereocenters. The molecule has 1 spiro atoms. The summed E-state index contributed by atoms with van der Waals surface area (Å²) in [7, 11) is 0. The number of esters is 2. The van der Waals surface area contributed by atoms with Crippen LogP contribution in [0.4, 0.5) is 0 Å². The summed E-state index contributed by atoms with van der Waals surface area (Å²) >= 11 is 7.10. The summed E-state index contributed by atoms with van der Waals surface area (Å²) in [6.07, 6.45) is -1.64. The molecule has 4 aliphatic rings. The molecular weight excluding hydrogens is 388 g/mol. The van der Waals surface area contributed by atoms with Crippen molar-refractivity contribution in [2.75, 3.05) is 0 Å². The lowest BCUT2D eigenvalue weighted by Crippen LogP contribution is -2.66. The number of hydrogen-bond acceptors (Lipinski definition) is 7. The summed E-state index contributed by atoms with van der Waals surface area (Å²) in [4.78, 5) is 23.4. The van der Waals surface area contributed by atoms with Gasteiger partial charge in [-0.3, -0.25) is 9.59 Å². The predicted octanol–water partition coefficient (Wildman–Crippen LogP) is 1.55. The van der Waals surface area contributed by atoms with Gasteiger partial charge in [0.2, 0.25) is 0 Å². The minimum atomic E-state index is -1.54. The number of hydrogen-bond donors (Lipinski definition) is 2. The van der Waals surface area contributed by atoms with Gasteiger partial charge < -0.3 is 24.4 Å². The molecule has 4 rings (SSSR count). The molecule has 2 saturated carbocycles. The normalized spacial score (nSPS) is 54.5. The van der Waals surface area contributed by atoms with Crippen molar-refractivity contribution in [1.29, 1.82) is 0 Å². The highest BCUT2D eigenvalue weighted by Crippen LogP contribution is 2.72. The molecule has 2 saturated heterocycles. The highest BCUT2D eigenvalue weighted by Gasteiger charge is 2.90. The lowest BCUT2D eigenvalue weighted by atomic mass is 9.71. The zero-order valence-electron chi connectivity index (χ0n) is 16.9. The van der Waals surface area contributed by atoms with E-state index in [2.05, 4.69) is 0 Å². The molecule has 2 aliphatic carbocycles. The third-order valence-electron chi connectivity index (χ3n) is 7.25. The van der Waals surface area contributed by atoms with E-state index < -0.39 is 63.8 Å². The van der Waals surface area contributed by atoms with Crippen molar-refractivity contribution in [3.05, 3.63) is 0 Å². The molecule has 2 heterocycles. The van der Waals surface area contributed by atoms with Gasteiger partial charge in [0.15, 0.2) is 0 Å². The maximum absolute atomic E-state index is 12.5. The Morgan fingerprint density at radius 2 is 1.93 bits per heavy atom. The molecule has 0 aromatic heterocycles. The second-order valence-electron chi connectivity index (χ2n) is 9.86. The van der Waals surface area contributed by atoms with Gasteiger partial charge in [-0.25, -0.2) is 0 Å². The van der Waals surface area contributed by atoms with Crippen LogP contribution >= 0.6 is 11.6 Å². The van der Waals surface area contributed by atoms with Crippen LogP contribution in [0.1, 0.15) is 53.9 Å². The van der Waals surface area contributed by atoms with Crippen LogP contribution in [0.5, 0.6) is 0 Å². The third kappa shape index (κ3) is 2.33. The van der Waals surface area contributed by atoms with Crippen LogP contribution in [-0.4, -0.2) is 62.1 Å². The maximum Gasteiger partial charge on any atom is 0.309 e. The van der Waals surface area contributed by atoms with Gasteiger partial charge in [0.25, 0.3) is 0 Å². The van der Waals surface area contributed by atoms with E-state index in [1.807, 2.05) is 13.8 Å². The molecular formula is C20H29ClO7. The average Bonchev–Trinajstić information content (AvgIpc) is 3.13. The van der Waals surface area contributed by atoms with Gasteiger partial charge in [0.05, 0.1) is 23.2 Å². The molecule has 0 aromatic rings. The topological polar surface area (TPSA) is 106 Å². The van der Waals surface area contributed by atoms with Crippen molar-refractivity contribution >= 4 is 23.5 Å².